The Balaban J connectivity index is 2.99. The van der Waals surface area contributed by atoms with Gasteiger partial charge in [0.15, 0.2) is 11.5 Å². The molecule has 104 valence electrons. The molecule has 0 aliphatic heterocycles. The molecule has 0 heterocycles. The van der Waals surface area contributed by atoms with Gasteiger partial charge in [0.25, 0.3) is 0 Å². The van der Waals surface area contributed by atoms with E-state index in [1.165, 1.54) is 13.3 Å². The lowest BCUT2D eigenvalue weighted by atomic mass is 10.00. The maximum absolute atomic E-state index is 11.1. The number of phenolic OH excluding ortho intramolecular Hbond substituents is 1. The first-order valence-corrected chi connectivity index (χ1v) is 6.13. The van der Waals surface area contributed by atoms with Crippen molar-refractivity contribution in [1.82, 2.24) is 0 Å². The number of aliphatic imine (C=N–C) groups is 1. The Labute approximate surface area is 112 Å². The normalized spacial score (nSPS) is 14.3. The molecule has 1 aromatic rings. The number of carbonyl (C=O) groups is 1. The van der Waals surface area contributed by atoms with Gasteiger partial charge in [-0.2, -0.15) is 0 Å². The average Bonchev–Trinajstić information content (AvgIpc) is 2.40. The highest BCUT2D eigenvalue weighted by Gasteiger charge is 2.21. The lowest BCUT2D eigenvalue weighted by molar-refractivity contribution is -0.139. The number of ether oxygens (including phenoxy) is 1. The molecule has 0 bridgehead atoms. The van der Waals surface area contributed by atoms with Gasteiger partial charge in [0, 0.05) is 11.8 Å². The van der Waals surface area contributed by atoms with Gasteiger partial charge in [0.1, 0.15) is 6.04 Å². The minimum absolute atomic E-state index is 0.0398. The SMILES string of the molecule is CC[C@H](C)[C@H](N=Cc1cccc(OC)c1O)C(=O)O. The van der Waals surface area contributed by atoms with Gasteiger partial charge in [-0.1, -0.05) is 26.3 Å². The molecule has 0 saturated heterocycles. The number of phenols is 1. The van der Waals surface area contributed by atoms with Crippen molar-refractivity contribution in [2.75, 3.05) is 7.11 Å². The Morgan fingerprint density at radius 1 is 1.53 bits per heavy atom. The van der Waals surface area contributed by atoms with Crippen LogP contribution in [0.15, 0.2) is 23.2 Å². The van der Waals surface area contributed by atoms with Crippen molar-refractivity contribution < 1.29 is 19.7 Å². The van der Waals surface area contributed by atoms with Crippen LogP contribution in [0.4, 0.5) is 0 Å². The summed E-state index contributed by atoms with van der Waals surface area (Å²) in [7, 11) is 1.45. The number of nitrogens with zero attached hydrogens (tertiary/aromatic N) is 1. The van der Waals surface area contributed by atoms with Gasteiger partial charge in [-0.05, 0) is 18.1 Å². The third-order valence-corrected chi connectivity index (χ3v) is 3.06. The third kappa shape index (κ3) is 3.71. The van der Waals surface area contributed by atoms with Crippen LogP contribution in [0.3, 0.4) is 0 Å². The zero-order chi connectivity index (χ0) is 14.4. The van der Waals surface area contributed by atoms with Crippen molar-refractivity contribution in [3.05, 3.63) is 23.8 Å². The molecule has 0 radical (unpaired) electrons. The fourth-order valence-corrected chi connectivity index (χ4v) is 1.65. The number of hydrogen-bond acceptors (Lipinski definition) is 4. The van der Waals surface area contributed by atoms with E-state index in [-0.39, 0.29) is 11.7 Å². The molecule has 0 unspecified atom stereocenters. The maximum Gasteiger partial charge on any atom is 0.328 e. The fraction of sp³-hybridized carbons (Fsp3) is 0.429. The predicted molar refractivity (Wildman–Crippen MR) is 73.1 cm³/mol. The summed E-state index contributed by atoms with van der Waals surface area (Å²) >= 11 is 0. The first kappa shape index (κ1) is 15.0. The summed E-state index contributed by atoms with van der Waals surface area (Å²) in [6, 6.07) is 4.17. The fourth-order valence-electron chi connectivity index (χ4n) is 1.65. The van der Waals surface area contributed by atoms with E-state index in [0.717, 1.165) is 6.42 Å². The number of methoxy groups -OCH3 is 1. The number of rotatable bonds is 6. The summed E-state index contributed by atoms with van der Waals surface area (Å²) in [6.07, 6.45) is 2.10. The van der Waals surface area contributed by atoms with Crippen molar-refractivity contribution in [1.29, 1.82) is 0 Å². The molecule has 5 nitrogen and oxygen atoms in total. The van der Waals surface area contributed by atoms with E-state index in [1.807, 2.05) is 13.8 Å². The van der Waals surface area contributed by atoms with Gasteiger partial charge in [-0.15, -0.1) is 0 Å². The van der Waals surface area contributed by atoms with E-state index < -0.39 is 12.0 Å². The summed E-state index contributed by atoms with van der Waals surface area (Å²) in [4.78, 5) is 15.2. The van der Waals surface area contributed by atoms with Crippen LogP contribution in [0.1, 0.15) is 25.8 Å². The molecular formula is C14H19NO4. The molecule has 2 atom stereocenters. The van der Waals surface area contributed by atoms with Crippen LogP contribution < -0.4 is 4.74 Å². The smallest absolute Gasteiger partial charge is 0.328 e. The van der Waals surface area contributed by atoms with Gasteiger partial charge in [-0.3, -0.25) is 4.99 Å². The molecule has 0 aliphatic carbocycles. The number of aromatic hydroxyl groups is 1. The second-order valence-corrected chi connectivity index (χ2v) is 4.34. The monoisotopic (exact) mass is 265 g/mol. The Hall–Kier alpha value is -2.04. The second kappa shape index (κ2) is 6.78. The van der Waals surface area contributed by atoms with Crippen LogP contribution in [0, 0.1) is 5.92 Å². The van der Waals surface area contributed by atoms with Crippen molar-refractivity contribution in [2.24, 2.45) is 10.9 Å². The summed E-state index contributed by atoms with van der Waals surface area (Å²) in [5.74, 6) is -0.740. The summed E-state index contributed by atoms with van der Waals surface area (Å²) in [5.41, 5.74) is 0.439. The van der Waals surface area contributed by atoms with Gasteiger partial charge < -0.3 is 14.9 Å². The highest BCUT2D eigenvalue weighted by Crippen LogP contribution is 2.28. The van der Waals surface area contributed by atoms with E-state index in [4.69, 9.17) is 9.84 Å². The summed E-state index contributed by atoms with van der Waals surface area (Å²) in [6.45, 7) is 3.75. The van der Waals surface area contributed by atoms with E-state index >= 15 is 0 Å². The van der Waals surface area contributed by atoms with Gasteiger partial charge in [0.2, 0.25) is 0 Å². The Morgan fingerprint density at radius 2 is 2.21 bits per heavy atom. The second-order valence-electron chi connectivity index (χ2n) is 4.34. The molecule has 0 amide bonds. The third-order valence-electron chi connectivity index (χ3n) is 3.06. The Kier molecular flexibility index (Phi) is 5.36. The quantitative estimate of drug-likeness (QED) is 0.774. The lowest BCUT2D eigenvalue weighted by Gasteiger charge is -2.14. The number of hydrogen-bond donors (Lipinski definition) is 2. The number of carboxylic acid groups (broad SMARTS) is 1. The minimum Gasteiger partial charge on any atom is -0.504 e. The molecule has 0 aromatic heterocycles. The number of para-hydroxylation sites is 1. The first-order chi connectivity index (χ1) is 9.01. The van der Waals surface area contributed by atoms with Gasteiger partial charge >= 0.3 is 5.97 Å². The van der Waals surface area contributed by atoms with Crippen LogP contribution in [0.5, 0.6) is 11.5 Å². The first-order valence-electron chi connectivity index (χ1n) is 6.13. The Bertz CT molecular complexity index is 471. The van der Waals surface area contributed by atoms with Crippen LogP contribution in [0.2, 0.25) is 0 Å². The standard InChI is InChI=1S/C14H19NO4/c1-4-9(2)12(14(17)18)15-8-10-6-5-7-11(19-3)13(10)16/h5-9,12,16H,4H2,1-3H3,(H,17,18)/t9-,12-/m0/s1. The minimum atomic E-state index is -0.965. The molecule has 1 aromatic carbocycles. The molecule has 0 spiro atoms. The largest absolute Gasteiger partial charge is 0.504 e. The van der Waals surface area contributed by atoms with E-state index in [2.05, 4.69) is 4.99 Å². The van der Waals surface area contributed by atoms with E-state index in [9.17, 15) is 9.90 Å². The lowest BCUT2D eigenvalue weighted by Crippen LogP contribution is -2.25. The summed E-state index contributed by atoms with van der Waals surface area (Å²) < 4.78 is 4.98. The molecule has 5 heteroatoms. The molecule has 0 fully saturated rings. The topological polar surface area (TPSA) is 79.1 Å². The van der Waals surface area contributed by atoms with Crippen molar-refractivity contribution in [2.45, 2.75) is 26.3 Å². The van der Waals surface area contributed by atoms with Crippen LogP contribution >= 0.6 is 0 Å². The Morgan fingerprint density at radius 3 is 2.74 bits per heavy atom. The predicted octanol–water partition coefficient (Wildman–Crippen LogP) is 2.32. The number of aliphatic carboxylic acids is 1. The highest BCUT2D eigenvalue weighted by molar-refractivity contribution is 5.87. The van der Waals surface area contributed by atoms with E-state index in [1.54, 1.807) is 18.2 Å². The molecule has 1 rings (SSSR count). The number of benzene rings is 1. The molecular weight excluding hydrogens is 246 g/mol. The number of carboxylic acids is 1. The zero-order valence-corrected chi connectivity index (χ0v) is 11.3. The van der Waals surface area contributed by atoms with Crippen molar-refractivity contribution >= 4 is 12.2 Å². The van der Waals surface area contributed by atoms with Crippen molar-refractivity contribution in [3.8, 4) is 11.5 Å². The molecule has 2 N–H and O–H groups in total. The highest BCUT2D eigenvalue weighted by atomic mass is 16.5. The maximum atomic E-state index is 11.1. The van der Waals surface area contributed by atoms with Crippen LogP contribution in [-0.4, -0.2) is 35.5 Å². The van der Waals surface area contributed by atoms with E-state index in [0.29, 0.717) is 11.3 Å². The van der Waals surface area contributed by atoms with Gasteiger partial charge in [-0.25, -0.2) is 4.79 Å². The average molecular weight is 265 g/mol. The summed E-state index contributed by atoms with van der Waals surface area (Å²) in [5, 5.41) is 19.0. The van der Waals surface area contributed by atoms with Crippen molar-refractivity contribution in [3.63, 3.8) is 0 Å². The van der Waals surface area contributed by atoms with Crippen LogP contribution in [-0.2, 0) is 4.79 Å². The van der Waals surface area contributed by atoms with Crippen LogP contribution in [0.25, 0.3) is 0 Å². The molecule has 19 heavy (non-hydrogen) atoms. The molecule has 0 saturated carbocycles. The zero-order valence-electron chi connectivity index (χ0n) is 11.3. The van der Waals surface area contributed by atoms with Gasteiger partial charge in [0.05, 0.1) is 7.11 Å². The molecule has 0 aliphatic rings.